The van der Waals surface area contributed by atoms with E-state index in [1.807, 2.05) is 24.3 Å². The molecule has 2 aromatic heterocycles. The van der Waals surface area contributed by atoms with E-state index in [9.17, 15) is 0 Å². The summed E-state index contributed by atoms with van der Waals surface area (Å²) in [5, 5.41) is 0. The summed E-state index contributed by atoms with van der Waals surface area (Å²) in [6.07, 6.45) is 3.32. The van der Waals surface area contributed by atoms with Gasteiger partial charge in [0.05, 0.1) is 13.2 Å². The quantitative estimate of drug-likeness (QED) is 0.758. The molecule has 3 heterocycles. The van der Waals surface area contributed by atoms with Crippen molar-refractivity contribution in [2.24, 2.45) is 0 Å². The standard InChI is InChI=1S/C15H18BrN5O/c16-13-2-1-3-15(19-13)21(14-4-5-17-12-18-14)7-6-20-8-10-22-11-9-20/h1-5,12H,6-11H2. The van der Waals surface area contributed by atoms with Gasteiger partial charge in [0.15, 0.2) is 0 Å². The van der Waals surface area contributed by atoms with E-state index in [-0.39, 0.29) is 0 Å². The maximum Gasteiger partial charge on any atom is 0.137 e. The molecular formula is C15H18BrN5O. The molecule has 0 bridgehead atoms. The van der Waals surface area contributed by atoms with E-state index in [2.05, 4.69) is 40.7 Å². The third-order valence-corrected chi connectivity index (χ3v) is 4.01. The van der Waals surface area contributed by atoms with E-state index in [4.69, 9.17) is 4.74 Å². The molecular weight excluding hydrogens is 346 g/mol. The van der Waals surface area contributed by atoms with Gasteiger partial charge < -0.3 is 9.64 Å². The highest BCUT2D eigenvalue weighted by atomic mass is 79.9. The molecule has 1 saturated heterocycles. The Hall–Kier alpha value is -1.57. The second-order valence-electron chi connectivity index (χ2n) is 4.99. The van der Waals surface area contributed by atoms with Crippen molar-refractivity contribution < 1.29 is 4.74 Å². The molecule has 7 heteroatoms. The van der Waals surface area contributed by atoms with Gasteiger partial charge in [0.1, 0.15) is 22.6 Å². The Bertz CT molecular complexity index is 591. The molecule has 0 atom stereocenters. The summed E-state index contributed by atoms with van der Waals surface area (Å²) in [7, 11) is 0. The number of ether oxygens (including phenoxy) is 1. The lowest BCUT2D eigenvalue weighted by atomic mass is 10.3. The van der Waals surface area contributed by atoms with Crippen LogP contribution in [0.1, 0.15) is 0 Å². The third kappa shape index (κ3) is 4.00. The fourth-order valence-electron chi connectivity index (χ4n) is 2.40. The highest BCUT2D eigenvalue weighted by Crippen LogP contribution is 2.22. The maximum absolute atomic E-state index is 5.40. The molecule has 3 rings (SSSR count). The van der Waals surface area contributed by atoms with Crippen LogP contribution in [0.4, 0.5) is 11.6 Å². The summed E-state index contributed by atoms with van der Waals surface area (Å²) in [4.78, 5) is 17.4. The van der Waals surface area contributed by atoms with E-state index in [1.54, 1.807) is 12.5 Å². The first-order chi connectivity index (χ1) is 10.8. The van der Waals surface area contributed by atoms with Crippen LogP contribution in [0.15, 0.2) is 41.4 Å². The number of morpholine rings is 1. The van der Waals surface area contributed by atoms with E-state index >= 15 is 0 Å². The average Bonchev–Trinajstić information content (AvgIpc) is 2.57. The summed E-state index contributed by atoms with van der Waals surface area (Å²) in [6.45, 7) is 5.33. The number of hydrogen-bond acceptors (Lipinski definition) is 6. The van der Waals surface area contributed by atoms with Crippen LogP contribution >= 0.6 is 15.9 Å². The van der Waals surface area contributed by atoms with Crippen LogP contribution in [-0.2, 0) is 4.74 Å². The van der Waals surface area contributed by atoms with Crippen LogP contribution in [0.3, 0.4) is 0 Å². The average molecular weight is 364 g/mol. The third-order valence-electron chi connectivity index (χ3n) is 3.56. The maximum atomic E-state index is 5.40. The first-order valence-electron chi connectivity index (χ1n) is 7.29. The van der Waals surface area contributed by atoms with Crippen molar-refractivity contribution in [3.05, 3.63) is 41.4 Å². The Balaban J connectivity index is 1.77. The second-order valence-corrected chi connectivity index (χ2v) is 5.80. The molecule has 6 nitrogen and oxygen atoms in total. The van der Waals surface area contributed by atoms with Crippen molar-refractivity contribution in [1.29, 1.82) is 0 Å². The normalized spacial score (nSPS) is 15.7. The summed E-state index contributed by atoms with van der Waals surface area (Å²) in [6, 6.07) is 7.80. The molecule has 2 aromatic rings. The first-order valence-corrected chi connectivity index (χ1v) is 8.08. The molecule has 0 aliphatic carbocycles. The Morgan fingerprint density at radius 2 is 2.05 bits per heavy atom. The molecule has 1 aliphatic heterocycles. The van der Waals surface area contributed by atoms with Crippen molar-refractivity contribution in [1.82, 2.24) is 19.9 Å². The van der Waals surface area contributed by atoms with Gasteiger partial charge in [-0.1, -0.05) is 6.07 Å². The zero-order valence-electron chi connectivity index (χ0n) is 12.2. The van der Waals surface area contributed by atoms with Crippen molar-refractivity contribution in [3.63, 3.8) is 0 Å². The minimum atomic E-state index is 0.808. The van der Waals surface area contributed by atoms with E-state index in [0.29, 0.717) is 0 Å². The van der Waals surface area contributed by atoms with Crippen molar-refractivity contribution in [3.8, 4) is 0 Å². The van der Waals surface area contributed by atoms with Gasteiger partial charge in [-0.05, 0) is 34.1 Å². The Morgan fingerprint density at radius 1 is 1.18 bits per heavy atom. The highest BCUT2D eigenvalue weighted by Gasteiger charge is 2.16. The van der Waals surface area contributed by atoms with Gasteiger partial charge in [-0.15, -0.1) is 0 Å². The summed E-state index contributed by atoms with van der Waals surface area (Å²) < 4.78 is 6.21. The minimum Gasteiger partial charge on any atom is -0.379 e. The van der Waals surface area contributed by atoms with Crippen molar-refractivity contribution >= 4 is 27.6 Å². The SMILES string of the molecule is Brc1cccc(N(CCN2CCOCC2)c2ccncn2)n1. The lowest BCUT2D eigenvalue weighted by Gasteiger charge is -2.30. The Labute approximate surface area is 138 Å². The summed E-state index contributed by atoms with van der Waals surface area (Å²) in [5.74, 6) is 1.73. The number of anilines is 2. The lowest BCUT2D eigenvalue weighted by Crippen LogP contribution is -2.40. The van der Waals surface area contributed by atoms with Crippen LogP contribution in [0.5, 0.6) is 0 Å². The van der Waals surface area contributed by atoms with Crippen LogP contribution < -0.4 is 4.90 Å². The van der Waals surface area contributed by atoms with Crippen molar-refractivity contribution in [2.45, 2.75) is 0 Å². The summed E-state index contributed by atoms with van der Waals surface area (Å²) >= 11 is 3.43. The van der Waals surface area contributed by atoms with E-state index < -0.39 is 0 Å². The van der Waals surface area contributed by atoms with Crippen LogP contribution in [0, 0.1) is 0 Å². The Morgan fingerprint density at radius 3 is 2.77 bits per heavy atom. The van der Waals surface area contributed by atoms with Gasteiger partial charge in [-0.25, -0.2) is 15.0 Å². The number of hydrogen-bond donors (Lipinski definition) is 0. The number of halogens is 1. The second kappa shape index (κ2) is 7.62. The van der Waals surface area contributed by atoms with E-state index in [0.717, 1.165) is 55.6 Å². The van der Waals surface area contributed by atoms with Crippen LogP contribution in [0.2, 0.25) is 0 Å². The number of aromatic nitrogens is 3. The molecule has 0 N–H and O–H groups in total. The zero-order valence-corrected chi connectivity index (χ0v) is 13.8. The van der Waals surface area contributed by atoms with E-state index in [1.165, 1.54) is 0 Å². The first kappa shape index (κ1) is 15.3. The molecule has 116 valence electrons. The number of rotatable bonds is 5. The molecule has 22 heavy (non-hydrogen) atoms. The van der Waals surface area contributed by atoms with Crippen LogP contribution in [-0.4, -0.2) is 59.2 Å². The van der Waals surface area contributed by atoms with Gasteiger partial charge in [0.25, 0.3) is 0 Å². The molecule has 0 amide bonds. The predicted molar refractivity (Wildman–Crippen MR) is 88.2 cm³/mol. The van der Waals surface area contributed by atoms with Gasteiger partial charge in [0.2, 0.25) is 0 Å². The Kier molecular flexibility index (Phi) is 5.31. The van der Waals surface area contributed by atoms with Gasteiger partial charge in [-0.2, -0.15) is 0 Å². The fourth-order valence-corrected chi connectivity index (χ4v) is 2.74. The predicted octanol–water partition coefficient (Wildman–Crippen LogP) is 2.10. The molecule has 0 spiro atoms. The highest BCUT2D eigenvalue weighted by molar-refractivity contribution is 9.10. The monoisotopic (exact) mass is 363 g/mol. The van der Waals surface area contributed by atoms with Gasteiger partial charge in [-0.3, -0.25) is 4.90 Å². The number of pyridine rings is 1. The fraction of sp³-hybridized carbons (Fsp3) is 0.400. The molecule has 1 aliphatic rings. The topological polar surface area (TPSA) is 54.4 Å². The van der Waals surface area contributed by atoms with Gasteiger partial charge >= 0.3 is 0 Å². The molecule has 1 fully saturated rings. The smallest absolute Gasteiger partial charge is 0.137 e. The lowest BCUT2D eigenvalue weighted by molar-refractivity contribution is 0.0394. The van der Waals surface area contributed by atoms with Gasteiger partial charge in [0, 0.05) is 32.4 Å². The zero-order chi connectivity index (χ0) is 15.2. The van der Waals surface area contributed by atoms with Crippen molar-refractivity contribution in [2.75, 3.05) is 44.3 Å². The number of nitrogens with zero attached hydrogens (tertiary/aromatic N) is 5. The molecule has 0 unspecified atom stereocenters. The minimum absolute atomic E-state index is 0.808. The molecule has 0 aromatic carbocycles. The van der Waals surface area contributed by atoms with Crippen LogP contribution in [0.25, 0.3) is 0 Å². The largest absolute Gasteiger partial charge is 0.379 e. The molecule has 0 saturated carbocycles. The summed E-state index contributed by atoms with van der Waals surface area (Å²) in [5.41, 5.74) is 0. The molecule has 0 radical (unpaired) electrons.